The summed E-state index contributed by atoms with van der Waals surface area (Å²) in [7, 11) is -4.44. The second-order valence-electron chi connectivity index (χ2n) is 10.1. The second-order valence-corrected chi connectivity index (χ2v) is 12.6. The summed E-state index contributed by atoms with van der Waals surface area (Å²) in [5.41, 5.74) is 2.93. The Kier molecular flexibility index (Phi) is 8.55. The van der Waals surface area contributed by atoms with Crippen molar-refractivity contribution in [3.8, 4) is 0 Å². The summed E-state index contributed by atoms with van der Waals surface area (Å²) in [6, 6.07) is 1.84. The molecule has 0 bridgehead atoms. The molecule has 9 nitrogen and oxygen atoms in total. The number of aliphatic hydroxyl groups excluding tert-OH is 2. The standard InChI is InChI=1S/C25H39N2O7PS/c1-8-24(7,34-35(31,32)25(30,9-2)10-3)12-18-19(28)20(29)21(33-18)17-11-16-14(5)13(4)15(6)26-22(16)27-23(17)36/h11,18-21,28-30H,8-10,12H2,1-7H3,(H,31,32)(H,26,27,36). The van der Waals surface area contributed by atoms with Gasteiger partial charge >= 0.3 is 7.60 Å². The van der Waals surface area contributed by atoms with E-state index in [0.29, 0.717) is 22.3 Å². The molecule has 5 N–H and O–H groups in total. The summed E-state index contributed by atoms with van der Waals surface area (Å²) in [4.78, 5) is 18.3. The Morgan fingerprint density at radius 3 is 2.31 bits per heavy atom. The van der Waals surface area contributed by atoms with Gasteiger partial charge in [0.25, 0.3) is 0 Å². The Morgan fingerprint density at radius 1 is 1.14 bits per heavy atom. The number of nitrogens with one attached hydrogen (secondary N) is 1. The molecule has 1 saturated heterocycles. The third-order valence-electron chi connectivity index (χ3n) is 7.89. The number of aliphatic hydroxyl groups is 3. The van der Waals surface area contributed by atoms with Gasteiger partial charge in [-0.1, -0.05) is 33.0 Å². The highest BCUT2D eigenvalue weighted by Crippen LogP contribution is 2.60. The highest BCUT2D eigenvalue weighted by atomic mass is 32.1. The van der Waals surface area contributed by atoms with Crippen LogP contribution in [0.3, 0.4) is 0 Å². The molecule has 3 rings (SSSR count). The van der Waals surface area contributed by atoms with Crippen molar-refractivity contribution in [2.24, 2.45) is 0 Å². The van der Waals surface area contributed by atoms with Crippen LogP contribution >= 0.6 is 19.8 Å². The molecular formula is C25H39N2O7PS. The lowest BCUT2D eigenvalue weighted by Crippen LogP contribution is -2.40. The molecule has 6 unspecified atom stereocenters. The molecule has 2 aromatic rings. The number of rotatable bonds is 9. The molecule has 0 aliphatic carbocycles. The van der Waals surface area contributed by atoms with E-state index in [9.17, 15) is 24.8 Å². The van der Waals surface area contributed by atoms with Crippen LogP contribution in [0, 0.1) is 25.4 Å². The molecule has 1 aliphatic rings. The summed E-state index contributed by atoms with van der Waals surface area (Å²) in [5, 5.41) is 31.4. The number of nitrogens with zero attached hydrogens (tertiary/aromatic N) is 1. The normalized spacial score (nSPS) is 26.2. The number of ether oxygens (including phenoxy) is 1. The number of pyridine rings is 2. The minimum Gasteiger partial charge on any atom is -0.388 e. The van der Waals surface area contributed by atoms with Crippen molar-refractivity contribution in [1.29, 1.82) is 0 Å². The van der Waals surface area contributed by atoms with Gasteiger partial charge < -0.3 is 34.5 Å². The number of aromatic nitrogens is 2. The predicted octanol–water partition coefficient (Wildman–Crippen LogP) is 4.65. The number of aromatic amines is 1. The lowest BCUT2D eigenvalue weighted by molar-refractivity contribution is -0.0544. The first-order chi connectivity index (χ1) is 16.6. The first-order valence-electron chi connectivity index (χ1n) is 12.4. The van der Waals surface area contributed by atoms with Crippen molar-refractivity contribution in [2.75, 3.05) is 0 Å². The number of hydrogen-bond donors (Lipinski definition) is 5. The van der Waals surface area contributed by atoms with Crippen LogP contribution in [0.1, 0.15) is 81.9 Å². The maximum Gasteiger partial charge on any atom is 0.359 e. The first-order valence-corrected chi connectivity index (χ1v) is 14.4. The molecule has 2 aromatic heterocycles. The SMILES string of the molecule is CCC(C)(CC1OC(c2cc3c(C)c(C)c(C)nc3[nH]c2=S)C(O)C1O)OP(=O)(O)C(O)(CC)CC. The van der Waals surface area contributed by atoms with E-state index >= 15 is 0 Å². The van der Waals surface area contributed by atoms with Crippen molar-refractivity contribution in [1.82, 2.24) is 9.97 Å². The lowest BCUT2D eigenvalue weighted by atomic mass is 9.92. The largest absolute Gasteiger partial charge is 0.388 e. The third kappa shape index (κ3) is 5.20. The monoisotopic (exact) mass is 542 g/mol. The van der Waals surface area contributed by atoms with Crippen LogP contribution in [-0.4, -0.2) is 59.4 Å². The molecule has 1 fully saturated rings. The average molecular weight is 543 g/mol. The van der Waals surface area contributed by atoms with E-state index in [-0.39, 0.29) is 19.3 Å². The number of aryl methyl sites for hydroxylation is 2. The van der Waals surface area contributed by atoms with Crippen LogP contribution in [0.5, 0.6) is 0 Å². The van der Waals surface area contributed by atoms with Crippen LogP contribution in [0.2, 0.25) is 0 Å². The molecule has 202 valence electrons. The number of H-pyrrole nitrogens is 1. The second kappa shape index (κ2) is 10.5. The van der Waals surface area contributed by atoms with E-state index in [4.69, 9.17) is 21.5 Å². The lowest BCUT2D eigenvalue weighted by Gasteiger charge is -2.38. The van der Waals surface area contributed by atoms with Crippen LogP contribution < -0.4 is 0 Å². The van der Waals surface area contributed by atoms with Gasteiger partial charge in [0.15, 0.2) is 5.34 Å². The first kappa shape index (κ1) is 29.3. The van der Waals surface area contributed by atoms with E-state index < -0.39 is 43.0 Å². The third-order valence-corrected chi connectivity index (χ3v) is 10.6. The molecule has 0 saturated carbocycles. The predicted molar refractivity (Wildman–Crippen MR) is 141 cm³/mol. The van der Waals surface area contributed by atoms with Gasteiger partial charge in [0.05, 0.1) is 11.7 Å². The molecule has 6 atom stereocenters. The maximum atomic E-state index is 13.0. The minimum atomic E-state index is -4.44. The van der Waals surface area contributed by atoms with Crippen molar-refractivity contribution in [3.05, 3.63) is 33.1 Å². The van der Waals surface area contributed by atoms with Gasteiger partial charge in [-0.3, -0.25) is 4.57 Å². The minimum absolute atomic E-state index is 0.0230. The van der Waals surface area contributed by atoms with Gasteiger partial charge in [0.1, 0.15) is 28.6 Å². The molecule has 1 aliphatic heterocycles. The van der Waals surface area contributed by atoms with Gasteiger partial charge in [-0.2, -0.15) is 0 Å². The van der Waals surface area contributed by atoms with Gasteiger partial charge in [-0.25, -0.2) is 4.98 Å². The van der Waals surface area contributed by atoms with Crippen LogP contribution in [0.25, 0.3) is 11.0 Å². The summed E-state index contributed by atoms with van der Waals surface area (Å²) >= 11 is 5.55. The van der Waals surface area contributed by atoms with Crippen molar-refractivity contribution in [3.63, 3.8) is 0 Å². The van der Waals surface area contributed by atoms with E-state index in [2.05, 4.69) is 9.97 Å². The average Bonchev–Trinajstić information content (AvgIpc) is 3.09. The zero-order valence-electron chi connectivity index (χ0n) is 22.0. The van der Waals surface area contributed by atoms with Crippen LogP contribution in [0.4, 0.5) is 0 Å². The van der Waals surface area contributed by atoms with E-state index in [1.165, 1.54) is 0 Å². The molecule has 11 heteroatoms. The smallest absolute Gasteiger partial charge is 0.359 e. The molecular weight excluding hydrogens is 503 g/mol. The summed E-state index contributed by atoms with van der Waals surface area (Å²) in [6.07, 6.45) is -3.92. The molecule has 0 aromatic carbocycles. The fourth-order valence-electron chi connectivity index (χ4n) is 4.73. The van der Waals surface area contributed by atoms with Crippen LogP contribution in [0.15, 0.2) is 6.07 Å². The van der Waals surface area contributed by atoms with E-state index in [1.54, 1.807) is 27.7 Å². The van der Waals surface area contributed by atoms with Gasteiger partial charge in [-0.15, -0.1) is 0 Å². The summed E-state index contributed by atoms with van der Waals surface area (Å²) in [5.74, 6) is 0. The topological polar surface area (TPSA) is 145 Å². The maximum absolute atomic E-state index is 13.0. The zero-order chi connectivity index (χ0) is 27.2. The van der Waals surface area contributed by atoms with Crippen LogP contribution in [-0.2, 0) is 13.8 Å². The fraction of sp³-hybridized carbons (Fsp3) is 0.680. The Morgan fingerprint density at radius 2 is 1.75 bits per heavy atom. The Hall–Kier alpha value is -1.23. The fourth-order valence-corrected chi connectivity index (χ4v) is 6.77. The number of hydrogen-bond acceptors (Lipinski definition) is 8. The molecule has 0 spiro atoms. The van der Waals surface area contributed by atoms with E-state index in [1.807, 2.05) is 26.8 Å². The van der Waals surface area contributed by atoms with Crippen molar-refractivity contribution >= 4 is 30.8 Å². The van der Waals surface area contributed by atoms with Crippen molar-refractivity contribution in [2.45, 2.75) is 110 Å². The number of fused-ring (bicyclic) bond motifs is 1. The highest BCUT2D eigenvalue weighted by Gasteiger charge is 2.51. The van der Waals surface area contributed by atoms with Gasteiger partial charge in [0, 0.05) is 23.1 Å². The molecule has 0 amide bonds. The molecule has 3 heterocycles. The highest BCUT2D eigenvalue weighted by molar-refractivity contribution is 7.71. The Labute approximate surface area is 217 Å². The zero-order valence-corrected chi connectivity index (χ0v) is 23.7. The van der Waals surface area contributed by atoms with Gasteiger partial charge in [0.2, 0.25) is 0 Å². The Bertz CT molecular complexity index is 1230. The van der Waals surface area contributed by atoms with Crippen molar-refractivity contribution < 1.29 is 34.0 Å². The van der Waals surface area contributed by atoms with Gasteiger partial charge in [-0.05, 0) is 64.2 Å². The summed E-state index contributed by atoms with van der Waals surface area (Å²) in [6.45, 7) is 12.6. The quantitative estimate of drug-likeness (QED) is 0.226. The molecule has 0 radical (unpaired) electrons. The van der Waals surface area contributed by atoms with E-state index in [0.717, 1.165) is 22.2 Å². The molecule has 36 heavy (non-hydrogen) atoms. The Balaban J connectivity index is 1.92. The summed E-state index contributed by atoms with van der Waals surface area (Å²) < 4.78 is 25.2.